The van der Waals surface area contributed by atoms with Crippen LogP contribution < -0.4 is 14.8 Å². The summed E-state index contributed by atoms with van der Waals surface area (Å²) in [5.74, 6) is 1.31. The van der Waals surface area contributed by atoms with Gasteiger partial charge in [0.05, 0.1) is 31.8 Å². The third-order valence-corrected chi connectivity index (χ3v) is 4.04. The predicted octanol–water partition coefficient (Wildman–Crippen LogP) is 2.33. The molecule has 21 heavy (non-hydrogen) atoms. The van der Waals surface area contributed by atoms with Gasteiger partial charge in [-0.25, -0.2) is 4.98 Å². The summed E-state index contributed by atoms with van der Waals surface area (Å²) >= 11 is 1.50. The predicted molar refractivity (Wildman–Crippen MR) is 81.9 cm³/mol. The lowest BCUT2D eigenvalue weighted by atomic mass is 10.2. The van der Waals surface area contributed by atoms with Gasteiger partial charge in [0.15, 0.2) is 11.5 Å². The van der Waals surface area contributed by atoms with Gasteiger partial charge in [-0.1, -0.05) is 6.07 Å². The summed E-state index contributed by atoms with van der Waals surface area (Å²) in [5, 5.41) is 2.90. The van der Waals surface area contributed by atoms with E-state index in [1.807, 2.05) is 25.1 Å². The minimum atomic E-state index is -0.0165. The Hall–Kier alpha value is -2.08. The van der Waals surface area contributed by atoms with Gasteiger partial charge in [0.1, 0.15) is 0 Å². The number of aryl methyl sites for hydroxylation is 1. The second-order valence-electron chi connectivity index (χ2n) is 4.50. The molecule has 1 amide bonds. The smallest absolute Gasteiger partial charge is 0.225 e. The summed E-state index contributed by atoms with van der Waals surface area (Å²) in [6.07, 6.45) is 0.365. The number of methoxy groups -OCH3 is 2. The van der Waals surface area contributed by atoms with Gasteiger partial charge in [0, 0.05) is 11.4 Å². The molecule has 1 aromatic carbocycles. The van der Waals surface area contributed by atoms with E-state index in [-0.39, 0.29) is 5.91 Å². The maximum absolute atomic E-state index is 11.9. The number of ether oxygens (including phenoxy) is 2. The van der Waals surface area contributed by atoms with Crippen molar-refractivity contribution in [3.8, 4) is 11.5 Å². The van der Waals surface area contributed by atoms with Crippen LogP contribution in [0.2, 0.25) is 0 Å². The number of thiazole rings is 1. The molecule has 2 rings (SSSR count). The summed E-state index contributed by atoms with van der Waals surface area (Å²) in [6, 6.07) is 5.59. The molecule has 0 aliphatic rings. The molecule has 1 heterocycles. The molecule has 0 radical (unpaired) electrons. The summed E-state index contributed by atoms with van der Waals surface area (Å²) in [6.45, 7) is 2.37. The van der Waals surface area contributed by atoms with Crippen molar-refractivity contribution < 1.29 is 14.3 Å². The van der Waals surface area contributed by atoms with Crippen molar-refractivity contribution in [1.29, 1.82) is 0 Å². The lowest BCUT2D eigenvalue weighted by Crippen LogP contribution is -2.24. The van der Waals surface area contributed by atoms with E-state index < -0.39 is 0 Å². The number of benzene rings is 1. The number of carbonyl (C=O) groups excluding carboxylic acids is 1. The van der Waals surface area contributed by atoms with E-state index >= 15 is 0 Å². The van der Waals surface area contributed by atoms with Crippen molar-refractivity contribution in [3.63, 3.8) is 0 Å². The number of hydrogen-bond acceptors (Lipinski definition) is 5. The average molecular weight is 306 g/mol. The Labute approximate surface area is 127 Å². The van der Waals surface area contributed by atoms with Crippen molar-refractivity contribution in [2.24, 2.45) is 0 Å². The molecule has 0 aliphatic heterocycles. The number of carbonyl (C=O) groups is 1. The number of nitrogens with one attached hydrogen (secondary N) is 1. The second-order valence-corrected chi connectivity index (χ2v) is 5.44. The summed E-state index contributed by atoms with van der Waals surface area (Å²) in [4.78, 5) is 17.1. The monoisotopic (exact) mass is 306 g/mol. The van der Waals surface area contributed by atoms with Crippen LogP contribution in [-0.4, -0.2) is 25.1 Å². The molecule has 0 saturated carbocycles. The zero-order valence-corrected chi connectivity index (χ0v) is 13.1. The van der Waals surface area contributed by atoms with Gasteiger partial charge in [-0.15, -0.1) is 11.3 Å². The maximum atomic E-state index is 11.9. The zero-order valence-electron chi connectivity index (χ0n) is 12.3. The van der Waals surface area contributed by atoms with Crippen LogP contribution in [0.1, 0.15) is 16.1 Å². The molecule has 0 spiro atoms. The van der Waals surface area contributed by atoms with Gasteiger partial charge in [-0.3, -0.25) is 4.79 Å². The Kier molecular flexibility index (Phi) is 5.16. The van der Waals surface area contributed by atoms with Crippen molar-refractivity contribution in [2.75, 3.05) is 14.2 Å². The fourth-order valence-electron chi connectivity index (χ4n) is 1.90. The van der Waals surface area contributed by atoms with E-state index in [4.69, 9.17) is 9.47 Å². The highest BCUT2D eigenvalue weighted by molar-refractivity contribution is 7.09. The molecule has 1 N–H and O–H groups in total. The first kappa shape index (κ1) is 15.3. The standard InChI is InChI=1S/C15H18N2O3S/c1-10-14(21-9-17-10)7-15(18)16-8-11-4-5-12(19-2)13(6-11)20-3/h4-6,9H,7-8H2,1-3H3,(H,16,18). The minimum Gasteiger partial charge on any atom is -0.493 e. The largest absolute Gasteiger partial charge is 0.493 e. The van der Waals surface area contributed by atoms with Crippen LogP contribution in [-0.2, 0) is 17.8 Å². The molecule has 6 heteroatoms. The van der Waals surface area contributed by atoms with Gasteiger partial charge >= 0.3 is 0 Å². The van der Waals surface area contributed by atoms with Crippen LogP contribution in [0.4, 0.5) is 0 Å². The van der Waals surface area contributed by atoms with Crippen LogP contribution in [0.15, 0.2) is 23.7 Å². The van der Waals surface area contributed by atoms with Crippen LogP contribution >= 0.6 is 11.3 Å². The van der Waals surface area contributed by atoms with E-state index in [1.54, 1.807) is 19.7 Å². The highest BCUT2D eigenvalue weighted by Crippen LogP contribution is 2.27. The van der Waals surface area contributed by atoms with Gasteiger partial charge in [-0.2, -0.15) is 0 Å². The first-order valence-corrected chi connectivity index (χ1v) is 7.38. The van der Waals surface area contributed by atoms with Crippen LogP contribution in [0.25, 0.3) is 0 Å². The zero-order chi connectivity index (χ0) is 15.2. The Morgan fingerprint density at radius 1 is 1.29 bits per heavy atom. The molecule has 0 bridgehead atoms. The summed E-state index contributed by atoms with van der Waals surface area (Å²) in [7, 11) is 3.18. The Bertz CT molecular complexity index is 625. The van der Waals surface area contributed by atoms with Gasteiger partial charge in [0.25, 0.3) is 0 Å². The molecule has 0 aliphatic carbocycles. The van der Waals surface area contributed by atoms with E-state index in [1.165, 1.54) is 11.3 Å². The van der Waals surface area contributed by atoms with Crippen LogP contribution in [0.3, 0.4) is 0 Å². The molecular formula is C15H18N2O3S. The van der Waals surface area contributed by atoms with Gasteiger partial charge < -0.3 is 14.8 Å². The Balaban J connectivity index is 1.93. The highest BCUT2D eigenvalue weighted by atomic mass is 32.1. The number of nitrogens with zero attached hydrogens (tertiary/aromatic N) is 1. The van der Waals surface area contributed by atoms with Crippen molar-refractivity contribution in [3.05, 3.63) is 39.8 Å². The summed E-state index contributed by atoms with van der Waals surface area (Å²) < 4.78 is 10.4. The highest BCUT2D eigenvalue weighted by Gasteiger charge is 2.09. The molecule has 1 aromatic heterocycles. The topological polar surface area (TPSA) is 60.5 Å². The third kappa shape index (κ3) is 3.95. The fourth-order valence-corrected chi connectivity index (χ4v) is 2.67. The summed E-state index contributed by atoms with van der Waals surface area (Å²) in [5.41, 5.74) is 3.63. The average Bonchev–Trinajstić information content (AvgIpc) is 2.90. The number of rotatable bonds is 6. The number of hydrogen-bond donors (Lipinski definition) is 1. The molecule has 0 saturated heterocycles. The number of aromatic nitrogens is 1. The van der Waals surface area contributed by atoms with E-state index in [2.05, 4.69) is 10.3 Å². The quantitative estimate of drug-likeness (QED) is 0.890. The van der Waals surface area contributed by atoms with Gasteiger partial charge in [-0.05, 0) is 24.6 Å². The fraction of sp³-hybridized carbons (Fsp3) is 0.333. The molecule has 5 nitrogen and oxygen atoms in total. The Morgan fingerprint density at radius 2 is 2.05 bits per heavy atom. The van der Waals surface area contributed by atoms with Crippen LogP contribution in [0.5, 0.6) is 11.5 Å². The SMILES string of the molecule is COc1ccc(CNC(=O)Cc2scnc2C)cc1OC. The first-order chi connectivity index (χ1) is 10.1. The van der Waals surface area contributed by atoms with E-state index in [0.717, 1.165) is 16.1 Å². The molecule has 112 valence electrons. The molecule has 0 fully saturated rings. The van der Waals surface area contributed by atoms with Crippen molar-refractivity contribution in [2.45, 2.75) is 19.9 Å². The van der Waals surface area contributed by atoms with Crippen molar-refractivity contribution >= 4 is 17.2 Å². The lowest BCUT2D eigenvalue weighted by molar-refractivity contribution is -0.120. The lowest BCUT2D eigenvalue weighted by Gasteiger charge is -2.10. The minimum absolute atomic E-state index is 0.0165. The van der Waals surface area contributed by atoms with E-state index in [9.17, 15) is 4.79 Å². The van der Waals surface area contributed by atoms with E-state index in [0.29, 0.717) is 24.5 Å². The Morgan fingerprint density at radius 3 is 2.67 bits per heavy atom. The third-order valence-electron chi connectivity index (χ3n) is 3.10. The normalized spacial score (nSPS) is 10.2. The molecule has 0 atom stereocenters. The van der Waals surface area contributed by atoms with Crippen LogP contribution in [0, 0.1) is 6.92 Å². The first-order valence-electron chi connectivity index (χ1n) is 6.50. The molecule has 0 unspecified atom stereocenters. The van der Waals surface area contributed by atoms with Gasteiger partial charge in [0.2, 0.25) is 5.91 Å². The molecule has 2 aromatic rings. The second kappa shape index (κ2) is 7.08. The number of amides is 1. The van der Waals surface area contributed by atoms with Crippen molar-refractivity contribution in [1.82, 2.24) is 10.3 Å². The maximum Gasteiger partial charge on any atom is 0.225 e. The molecular weight excluding hydrogens is 288 g/mol.